The van der Waals surface area contributed by atoms with Gasteiger partial charge in [0.05, 0.1) is 23.0 Å². The fourth-order valence-electron chi connectivity index (χ4n) is 5.82. The highest BCUT2D eigenvalue weighted by atomic mass is 16.3. The summed E-state index contributed by atoms with van der Waals surface area (Å²) in [5.74, 6) is 0.957. The van der Waals surface area contributed by atoms with Crippen molar-refractivity contribution in [3.8, 4) is 12.3 Å². The molecule has 2 aliphatic heterocycles. The summed E-state index contributed by atoms with van der Waals surface area (Å²) in [6, 6.07) is 11.0. The van der Waals surface area contributed by atoms with Crippen molar-refractivity contribution >= 4 is 16.7 Å². The minimum Gasteiger partial charge on any atom is -0.390 e. The minimum atomic E-state index is -0.671. The van der Waals surface area contributed by atoms with Crippen molar-refractivity contribution in [3.63, 3.8) is 0 Å². The number of benzene rings is 1. The molecule has 2 aliphatic carbocycles. The van der Waals surface area contributed by atoms with Gasteiger partial charge in [0.15, 0.2) is 0 Å². The maximum atomic E-state index is 10.7. The van der Waals surface area contributed by atoms with Crippen molar-refractivity contribution in [1.29, 1.82) is 0 Å². The molecule has 0 atom stereocenters. The van der Waals surface area contributed by atoms with Crippen LogP contribution in [0.25, 0.3) is 21.4 Å². The van der Waals surface area contributed by atoms with E-state index in [0.717, 1.165) is 66.6 Å². The normalized spacial score (nSPS) is 26.4. The lowest BCUT2D eigenvalue weighted by Crippen LogP contribution is -2.50. The molecule has 4 aliphatic rings. The first-order valence-electron chi connectivity index (χ1n) is 11.2. The van der Waals surface area contributed by atoms with Crippen LogP contribution >= 0.6 is 0 Å². The summed E-state index contributed by atoms with van der Waals surface area (Å²) in [6.07, 6.45) is 8.99. The molecule has 0 radical (unpaired) electrons. The van der Waals surface area contributed by atoms with Crippen LogP contribution in [0.4, 0.5) is 5.82 Å². The van der Waals surface area contributed by atoms with Crippen LogP contribution in [0.5, 0.6) is 0 Å². The van der Waals surface area contributed by atoms with E-state index in [1.54, 1.807) is 0 Å². The number of rotatable bonds is 4. The zero-order chi connectivity index (χ0) is 21.4. The van der Waals surface area contributed by atoms with Crippen molar-refractivity contribution in [2.75, 3.05) is 11.4 Å². The highest BCUT2D eigenvalue weighted by Crippen LogP contribution is 2.58. The molecular formula is C25H28N5O+. The Hall–Kier alpha value is -2.91. The molecule has 1 N–H and O–H groups in total. The second kappa shape index (κ2) is 6.08. The van der Waals surface area contributed by atoms with Crippen molar-refractivity contribution < 1.29 is 5.11 Å². The molecule has 2 bridgehead atoms. The molecule has 1 aromatic carbocycles. The van der Waals surface area contributed by atoms with Crippen molar-refractivity contribution in [2.45, 2.75) is 63.1 Å². The van der Waals surface area contributed by atoms with E-state index in [0.29, 0.717) is 6.04 Å². The van der Waals surface area contributed by atoms with Crippen molar-refractivity contribution in [1.82, 2.24) is 14.8 Å². The number of pyridine rings is 1. The molecule has 158 valence electrons. The van der Waals surface area contributed by atoms with E-state index in [2.05, 4.69) is 44.1 Å². The van der Waals surface area contributed by atoms with Gasteiger partial charge < -0.3 is 10.0 Å². The summed E-state index contributed by atoms with van der Waals surface area (Å²) < 4.78 is 1.99. The fraction of sp³-hybridized carbons (Fsp3) is 0.480. The second-order valence-corrected chi connectivity index (χ2v) is 10.2. The van der Waals surface area contributed by atoms with Crippen LogP contribution in [0.15, 0.2) is 42.7 Å². The molecule has 4 heterocycles. The SMILES string of the molecule is C#[N+]C1(c2ccc3cnn(-c4ccnc(N5CC6(C(C)(C)O)CC5C6)c4)c3c2)CCC1. The zero-order valence-corrected chi connectivity index (χ0v) is 18.1. The minimum absolute atomic E-state index is 0.0224. The molecule has 2 saturated carbocycles. The second-order valence-electron chi connectivity index (χ2n) is 10.2. The Morgan fingerprint density at radius 3 is 2.65 bits per heavy atom. The summed E-state index contributed by atoms with van der Waals surface area (Å²) in [4.78, 5) is 11.3. The van der Waals surface area contributed by atoms with E-state index in [1.165, 1.54) is 0 Å². The molecular weight excluding hydrogens is 386 g/mol. The quantitative estimate of drug-likeness (QED) is 0.683. The molecule has 4 fully saturated rings. The lowest BCUT2D eigenvalue weighted by molar-refractivity contribution is -0.0754. The third-order valence-corrected chi connectivity index (χ3v) is 8.27. The van der Waals surface area contributed by atoms with Crippen LogP contribution in [0.2, 0.25) is 0 Å². The Morgan fingerprint density at radius 1 is 1.19 bits per heavy atom. The average Bonchev–Trinajstić information content (AvgIpc) is 3.38. The molecule has 2 saturated heterocycles. The Morgan fingerprint density at radius 2 is 2.00 bits per heavy atom. The van der Waals surface area contributed by atoms with Crippen LogP contribution in [-0.2, 0) is 5.54 Å². The molecule has 31 heavy (non-hydrogen) atoms. The van der Waals surface area contributed by atoms with E-state index < -0.39 is 5.60 Å². The maximum absolute atomic E-state index is 10.7. The van der Waals surface area contributed by atoms with E-state index in [9.17, 15) is 5.11 Å². The third kappa shape index (κ3) is 2.53. The maximum Gasteiger partial charge on any atom is 0.305 e. The summed E-state index contributed by atoms with van der Waals surface area (Å²) in [5.41, 5.74) is 2.28. The Bertz CT molecular complexity index is 1220. The molecule has 3 aromatic rings. The van der Waals surface area contributed by atoms with Gasteiger partial charge >= 0.3 is 5.54 Å². The van der Waals surface area contributed by atoms with Gasteiger partial charge in [-0.25, -0.2) is 9.67 Å². The number of anilines is 1. The number of hydrogen-bond acceptors (Lipinski definition) is 4. The summed E-state index contributed by atoms with van der Waals surface area (Å²) in [6.45, 7) is 10.5. The fourth-order valence-corrected chi connectivity index (χ4v) is 5.82. The number of hydrogen-bond donors (Lipinski definition) is 1. The Kier molecular flexibility index (Phi) is 3.69. The van der Waals surface area contributed by atoms with Gasteiger partial charge in [0.25, 0.3) is 6.57 Å². The predicted molar refractivity (Wildman–Crippen MR) is 122 cm³/mol. The van der Waals surface area contributed by atoms with Gasteiger partial charge in [0.1, 0.15) is 5.82 Å². The van der Waals surface area contributed by atoms with Gasteiger partial charge in [0, 0.05) is 54.1 Å². The van der Waals surface area contributed by atoms with Crippen LogP contribution in [0, 0.1) is 12.0 Å². The van der Waals surface area contributed by atoms with E-state index >= 15 is 0 Å². The lowest BCUT2D eigenvalue weighted by Gasteiger charge is -2.45. The van der Waals surface area contributed by atoms with E-state index in [1.807, 2.05) is 37.0 Å². The molecule has 0 unspecified atom stereocenters. The number of fused-ring (bicyclic) bond motifs is 2. The highest BCUT2D eigenvalue weighted by molar-refractivity contribution is 5.81. The molecule has 0 spiro atoms. The van der Waals surface area contributed by atoms with Crippen molar-refractivity contribution in [2.24, 2.45) is 5.41 Å². The summed E-state index contributed by atoms with van der Waals surface area (Å²) >= 11 is 0. The number of aliphatic hydroxyl groups is 1. The summed E-state index contributed by atoms with van der Waals surface area (Å²) in [5, 5.41) is 16.4. The molecule has 6 nitrogen and oxygen atoms in total. The first kappa shape index (κ1) is 18.8. The van der Waals surface area contributed by atoms with Gasteiger partial charge in [-0.15, -0.1) is 0 Å². The first-order chi connectivity index (χ1) is 14.8. The largest absolute Gasteiger partial charge is 0.390 e. The average molecular weight is 415 g/mol. The first-order valence-corrected chi connectivity index (χ1v) is 11.2. The Labute approximate surface area is 182 Å². The van der Waals surface area contributed by atoms with Gasteiger partial charge in [0.2, 0.25) is 0 Å². The molecule has 2 aromatic heterocycles. The topological polar surface area (TPSA) is 58.5 Å². The highest BCUT2D eigenvalue weighted by Gasteiger charge is 2.62. The smallest absolute Gasteiger partial charge is 0.305 e. The van der Waals surface area contributed by atoms with Crippen LogP contribution in [0.3, 0.4) is 0 Å². The molecule has 6 heteroatoms. The zero-order valence-electron chi connectivity index (χ0n) is 18.1. The summed E-state index contributed by atoms with van der Waals surface area (Å²) in [7, 11) is 0. The standard InChI is InChI=1S/C25H28N5O/c1-23(2,31)24-13-20(14-24)29(16-24)22-12-19(7-10-27-22)30-21-11-18(6-5-17(21)15-28-30)25(26-3)8-4-9-25/h3,5-7,10-12,15,20,31H,4,8-9,13-14,16H2,1-2H3/q+1. The van der Waals surface area contributed by atoms with E-state index in [-0.39, 0.29) is 11.0 Å². The van der Waals surface area contributed by atoms with Crippen molar-refractivity contribution in [3.05, 3.63) is 53.1 Å². The van der Waals surface area contributed by atoms with Crippen LogP contribution < -0.4 is 4.90 Å². The molecule has 7 rings (SSSR count). The van der Waals surface area contributed by atoms with Crippen LogP contribution in [-0.4, -0.2) is 38.1 Å². The van der Waals surface area contributed by atoms with Gasteiger partial charge in [-0.05, 0) is 45.2 Å². The third-order valence-electron chi connectivity index (χ3n) is 8.27. The monoisotopic (exact) mass is 414 g/mol. The number of aromatic nitrogens is 3. The Balaban J connectivity index is 1.37. The van der Waals surface area contributed by atoms with E-state index in [4.69, 9.17) is 6.57 Å². The van der Waals surface area contributed by atoms with Gasteiger partial charge in [-0.3, -0.25) is 0 Å². The lowest BCUT2D eigenvalue weighted by atomic mass is 9.61. The predicted octanol–water partition coefficient (Wildman–Crippen LogP) is 4.50. The van der Waals surface area contributed by atoms with Gasteiger partial charge in [-0.1, -0.05) is 17.0 Å². The van der Waals surface area contributed by atoms with Gasteiger partial charge in [-0.2, -0.15) is 5.10 Å². The number of nitrogens with zero attached hydrogens (tertiary/aromatic N) is 5. The molecule has 0 amide bonds. The van der Waals surface area contributed by atoms with Crippen LogP contribution in [0.1, 0.15) is 51.5 Å².